The molecule has 0 radical (unpaired) electrons. The van der Waals surface area contributed by atoms with E-state index < -0.39 is 17.4 Å². The van der Waals surface area contributed by atoms with Crippen LogP contribution in [0.2, 0.25) is 0 Å². The highest BCUT2D eigenvalue weighted by atomic mass is 16.4. The summed E-state index contributed by atoms with van der Waals surface area (Å²) in [5.41, 5.74) is 0.536. The minimum atomic E-state index is -0.891. The summed E-state index contributed by atoms with van der Waals surface area (Å²) in [6.45, 7) is 3.70. The van der Waals surface area contributed by atoms with Crippen LogP contribution in [-0.4, -0.2) is 22.2 Å². The van der Waals surface area contributed by atoms with Gasteiger partial charge in [0, 0.05) is 0 Å². The van der Waals surface area contributed by atoms with Gasteiger partial charge in [0.15, 0.2) is 0 Å². The molecule has 98 valence electrons. The Labute approximate surface area is 106 Å². The average molecular weight is 250 g/mol. The maximum Gasteiger partial charge on any atom is 0.314 e. The second kappa shape index (κ2) is 5.67. The number of rotatable bonds is 6. The molecule has 0 saturated heterocycles. The zero-order valence-electron chi connectivity index (χ0n) is 10.6. The smallest absolute Gasteiger partial charge is 0.314 e. The monoisotopic (exact) mass is 250 g/mol. The number of carbonyl (C=O) groups is 2. The van der Waals surface area contributed by atoms with Crippen molar-refractivity contribution in [1.29, 1.82) is 0 Å². The zero-order valence-corrected chi connectivity index (χ0v) is 10.6. The third-order valence-corrected chi connectivity index (χ3v) is 3.48. The average Bonchev–Trinajstić information content (AvgIpc) is 2.32. The second-order valence-corrected chi connectivity index (χ2v) is 4.36. The predicted molar refractivity (Wildman–Crippen MR) is 67.7 cm³/mol. The van der Waals surface area contributed by atoms with E-state index in [0.29, 0.717) is 18.4 Å². The topological polar surface area (TPSA) is 74.6 Å². The van der Waals surface area contributed by atoms with Crippen LogP contribution < -0.4 is 0 Å². The van der Waals surface area contributed by atoms with Gasteiger partial charge in [0.1, 0.15) is 0 Å². The lowest BCUT2D eigenvalue weighted by atomic mass is 9.76. The van der Waals surface area contributed by atoms with Crippen LogP contribution in [0.3, 0.4) is 0 Å². The van der Waals surface area contributed by atoms with Crippen LogP contribution in [0.4, 0.5) is 0 Å². The van der Waals surface area contributed by atoms with Crippen LogP contribution in [0.5, 0.6) is 0 Å². The Morgan fingerprint density at radius 3 is 1.89 bits per heavy atom. The molecule has 1 rings (SSSR count). The fourth-order valence-corrected chi connectivity index (χ4v) is 2.20. The molecular weight excluding hydrogens is 232 g/mol. The summed E-state index contributed by atoms with van der Waals surface area (Å²) in [5, 5.41) is 18.1. The molecule has 1 aromatic carbocycles. The molecular formula is C14H18O4. The Hall–Kier alpha value is -1.84. The number of hydrogen-bond acceptors (Lipinski definition) is 2. The van der Waals surface area contributed by atoms with E-state index in [1.165, 1.54) is 0 Å². The van der Waals surface area contributed by atoms with Crippen molar-refractivity contribution in [3.05, 3.63) is 35.4 Å². The normalized spacial score (nSPS) is 11.2. The number of carboxylic acid groups (broad SMARTS) is 2. The Kier molecular flexibility index (Phi) is 4.48. The Balaban J connectivity index is 3.08. The lowest BCUT2D eigenvalue weighted by molar-refractivity contribution is -0.144. The summed E-state index contributed by atoms with van der Waals surface area (Å²) in [6, 6.07) is 6.82. The van der Waals surface area contributed by atoms with Crippen molar-refractivity contribution in [2.75, 3.05) is 0 Å². The van der Waals surface area contributed by atoms with E-state index in [2.05, 4.69) is 0 Å². The first kappa shape index (κ1) is 14.2. The Morgan fingerprint density at radius 1 is 1.06 bits per heavy atom. The molecule has 0 heterocycles. The van der Waals surface area contributed by atoms with Gasteiger partial charge in [-0.05, 0) is 24.0 Å². The lowest BCUT2D eigenvalue weighted by Crippen LogP contribution is -2.34. The van der Waals surface area contributed by atoms with Crippen LogP contribution in [0.1, 0.15) is 37.8 Å². The Morgan fingerprint density at radius 2 is 1.56 bits per heavy atom. The number of hydrogen-bond donors (Lipinski definition) is 2. The highest BCUT2D eigenvalue weighted by Gasteiger charge is 2.36. The largest absolute Gasteiger partial charge is 0.481 e. The molecule has 0 bridgehead atoms. The molecule has 0 unspecified atom stereocenters. The van der Waals surface area contributed by atoms with Crippen molar-refractivity contribution in [1.82, 2.24) is 0 Å². The van der Waals surface area contributed by atoms with Gasteiger partial charge < -0.3 is 10.2 Å². The summed E-state index contributed by atoms with van der Waals surface area (Å²) < 4.78 is 0. The molecule has 2 N–H and O–H groups in total. The molecule has 0 aromatic heterocycles. The first-order valence-electron chi connectivity index (χ1n) is 6.01. The quantitative estimate of drug-likeness (QED) is 0.813. The lowest BCUT2D eigenvalue weighted by Gasteiger charge is -2.27. The number of benzene rings is 1. The number of aliphatic carboxylic acids is 2. The summed E-state index contributed by atoms with van der Waals surface area (Å²) in [5.74, 6) is -1.73. The molecule has 0 spiro atoms. The maximum absolute atomic E-state index is 11.5. The molecule has 0 amide bonds. The van der Waals surface area contributed by atoms with E-state index in [-0.39, 0.29) is 6.42 Å². The van der Waals surface area contributed by atoms with E-state index >= 15 is 0 Å². The standard InChI is InChI=1S/C14H18O4/c1-3-14(4-2,13(17)18)11-7-5-10(6-8-11)9-12(15)16/h5-8H,3-4,9H2,1-2H3,(H,15,16)(H,17,18). The van der Waals surface area contributed by atoms with E-state index in [4.69, 9.17) is 5.11 Å². The third kappa shape index (κ3) is 2.70. The van der Waals surface area contributed by atoms with Gasteiger partial charge in [-0.25, -0.2) is 0 Å². The van der Waals surface area contributed by atoms with Crippen LogP contribution in [0.15, 0.2) is 24.3 Å². The van der Waals surface area contributed by atoms with Crippen LogP contribution in [0.25, 0.3) is 0 Å². The van der Waals surface area contributed by atoms with Crippen molar-refractivity contribution < 1.29 is 19.8 Å². The molecule has 0 aliphatic carbocycles. The van der Waals surface area contributed by atoms with Crippen molar-refractivity contribution in [3.63, 3.8) is 0 Å². The highest BCUT2D eigenvalue weighted by Crippen LogP contribution is 2.32. The fourth-order valence-electron chi connectivity index (χ4n) is 2.20. The van der Waals surface area contributed by atoms with Crippen LogP contribution >= 0.6 is 0 Å². The first-order valence-corrected chi connectivity index (χ1v) is 6.01. The maximum atomic E-state index is 11.5. The van der Waals surface area contributed by atoms with Crippen molar-refractivity contribution in [2.45, 2.75) is 38.5 Å². The molecule has 18 heavy (non-hydrogen) atoms. The molecule has 4 heteroatoms. The summed E-state index contributed by atoms with van der Waals surface area (Å²) >= 11 is 0. The van der Waals surface area contributed by atoms with Gasteiger partial charge >= 0.3 is 11.9 Å². The minimum Gasteiger partial charge on any atom is -0.481 e. The van der Waals surface area contributed by atoms with Crippen molar-refractivity contribution in [3.8, 4) is 0 Å². The third-order valence-electron chi connectivity index (χ3n) is 3.48. The molecule has 1 aromatic rings. The van der Waals surface area contributed by atoms with E-state index in [9.17, 15) is 14.7 Å². The number of carboxylic acids is 2. The van der Waals surface area contributed by atoms with Gasteiger partial charge in [-0.2, -0.15) is 0 Å². The first-order chi connectivity index (χ1) is 8.46. The van der Waals surface area contributed by atoms with Crippen LogP contribution in [-0.2, 0) is 21.4 Å². The molecule has 0 atom stereocenters. The fraction of sp³-hybridized carbons (Fsp3) is 0.429. The Bertz CT molecular complexity index is 430. The van der Waals surface area contributed by atoms with E-state index in [1.54, 1.807) is 24.3 Å². The highest BCUT2D eigenvalue weighted by molar-refractivity contribution is 5.81. The predicted octanol–water partition coefficient (Wildman–Crippen LogP) is 2.46. The molecule has 0 fully saturated rings. The van der Waals surface area contributed by atoms with Gasteiger partial charge in [0.2, 0.25) is 0 Å². The summed E-state index contributed by atoms with van der Waals surface area (Å²) in [4.78, 5) is 22.0. The molecule has 4 nitrogen and oxygen atoms in total. The SMILES string of the molecule is CCC(CC)(C(=O)O)c1ccc(CC(=O)O)cc1. The summed E-state index contributed by atoms with van der Waals surface area (Å²) in [6.07, 6.45) is 0.979. The second-order valence-electron chi connectivity index (χ2n) is 4.36. The zero-order chi connectivity index (χ0) is 13.8. The van der Waals surface area contributed by atoms with E-state index in [1.807, 2.05) is 13.8 Å². The minimum absolute atomic E-state index is 0.0431. The molecule has 0 aliphatic rings. The van der Waals surface area contributed by atoms with Gasteiger partial charge in [-0.1, -0.05) is 38.1 Å². The van der Waals surface area contributed by atoms with E-state index in [0.717, 1.165) is 5.56 Å². The summed E-state index contributed by atoms with van der Waals surface area (Å²) in [7, 11) is 0. The van der Waals surface area contributed by atoms with Crippen molar-refractivity contribution >= 4 is 11.9 Å². The molecule has 0 aliphatic heterocycles. The van der Waals surface area contributed by atoms with Gasteiger partial charge in [0.05, 0.1) is 11.8 Å². The molecule has 0 saturated carbocycles. The van der Waals surface area contributed by atoms with Crippen LogP contribution in [0, 0.1) is 0 Å². The van der Waals surface area contributed by atoms with Crippen molar-refractivity contribution in [2.24, 2.45) is 0 Å². The van der Waals surface area contributed by atoms with Gasteiger partial charge in [-0.3, -0.25) is 9.59 Å². The van der Waals surface area contributed by atoms with Gasteiger partial charge in [0.25, 0.3) is 0 Å². The van der Waals surface area contributed by atoms with Gasteiger partial charge in [-0.15, -0.1) is 0 Å².